The van der Waals surface area contributed by atoms with Gasteiger partial charge in [0.15, 0.2) is 11.6 Å². The lowest BCUT2D eigenvalue weighted by Gasteiger charge is -2.07. The lowest BCUT2D eigenvalue weighted by Crippen LogP contribution is -2.09. The predicted molar refractivity (Wildman–Crippen MR) is 136 cm³/mol. The fraction of sp³-hybridized carbons (Fsp3) is 0.0741. The number of aromatic amines is 2. The number of rotatable bonds is 5. The molecule has 4 aromatic heterocycles. The first kappa shape index (κ1) is 22.5. The van der Waals surface area contributed by atoms with Gasteiger partial charge in [0, 0.05) is 23.7 Å². The van der Waals surface area contributed by atoms with E-state index in [0.717, 1.165) is 5.56 Å². The second kappa shape index (κ2) is 8.90. The summed E-state index contributed by atoms with van der Waals surface area (Å²) in [6, 6.07) is 13.4. The zero-order valence-electron chi connectivity index (χ0n) is 19.5. The van der Waals surface area contributed by atoms with Crippen molar-refractivity contribution in [3.05, 3.63) is 78.8 Å². The van der Waals surface area contributed by atoms with Crippen LogP contribution in [0.3, 0.4) is 0 Å². The van der Waals surface area contributed by atoms with E-state index in [9.17, 15) is 9.18 Å². The highest BCUT2D eigenvalue weighted by atomic mass is 19.1. The van der Waals surface area contributed by atoms with Crippen LogP contribution in [0.4, 0.5) is 14.5 Å². The van der Waals surface area contributed by atoms with Crippen LogP contribution in [0.5, 0.6) is 0 Å². The SMILES string of the molecule is CCC(=O)Nc1cncc(-c2ncc3[nH]nc(-c4nc5c(-c6cccc(F)c6)cccc5[nH]4)c3c2F)c1. The predicted octanol–water partition coefficient (Wildman–Crippen LogP) is 5.86. The highest BCUT2D eigenvalue weighted by molar-refractivity contribution is 5.98. The zero-order valence-corrected chi connectivity index (χ0v) is 19.5. The van der Waals surface area contributed by atoms with Gasteiger partial charge in [-0.1, -0.05) is 31.2 Å². The van der Waals surface area contributed by atoms with Crippen molar-refractivity contribution in [3.63, 3.8) is 0 Å². The molecule has 0 saturated carbocycles. The number of carbonyl (C=O) groups excluding carboxylic acids is 1. The van der Waals surface area contributed by atoms with Crippen LogP contribution in [0.25, 0.3) is 55.8 Å². The van der Waals surface area contributed by atoms with E-state index in [0.29, 0.717) is 45.6 Å². The number of aromatic nitrogens is 6. The van der Waals surface area contributed by atoms with Gasteiger partial charge in [-0.15, -0.1) is 0 Å². The van der Waals surface area contributed by atoms with Gasteiger partial charge in [0.1, 0.15) is 17.2 Å². The number of imidazole rings is 1. The third-order valence-electron chi connectivity index (χ3n) is 6.03. The number of benzene rings is 2. The van der Waals surface area contributed by atoms with Crippen LogP contribution in [0.15, 0.2) is 67.1 Å². The number of nitrogens with zero attached hydrogens (tertiary/aromatic N) is 4. The molecule has 0 fully saturated rings. The molecule has 6 rings (SSSR count). The lowest BCUT2D eigenvalue weighted by atomic mass is 10.0. The number of pyridine rings is 2. The Kier molecular flexibility index (Phi) is 5.41. The monoisotopic (exact) mass is 495 g/mol. The molecule has 2 aromatic carbocycles. The minimum Gasteiger partial charge on any atom is -0.337 e. The van der Waals surface area contributed by atoms with Crippen LogP contribution in [0.1, 0.15) is 13.3 Å². The van der Waals surface area contributed by atoms with Crippen molar-refractivity contribution in [2.24, 2.45) is 0 Å². The Hall–Kier alpha value is -4.99. The van der Waals surface area contributed by atoms with E-state index < -0.39 is 5.82 Å². The Labute approximate surface area is 208 Å². The first-order valence-electron chi connectivity index (χ1n) is 11.5. The van der Waals surface area contributed by atoms with Gasteiger partial charge < -0.3 is 10.3 Å². The smallest absolute Gasteiger partial charge is 0.224 e. The molecule has 0 aliphatic heterocycles. The fourth-order valence-corrected chi connectivity index (χ4v) is 4.27. The van der Waals surface area contributed by atoms with Gasteiger partial charge in [0.25, 0.3) is 0 Å². The Bertz CT molecular complexity index is 1810. The first-order valence-corrected chi connectivity index (χ1v) is 11.5. The molecular formula is C27H19F2N7O. The van der Waals surface area contributed by atoms with Crippen molar-refractivity contribution in [2.75, 3.05) is 5.32 Å². The number of hydrogen-bond acceptors (Lipinski definition) is 5. The molecule has 0 spiro atoms. The number of hydrogen-bond donors (Lipinski definition) is 3. The van der Waals surface area contributed by atoms with E-state index in [1.165, 1.54) is 30.7 Å². The van der Waals surface area contributed by atoms with Gasteiger partial charge >= 0.3 is 0 Å². The minimum absolute atomic E-state index is 0.0619. The Morgan fingerprint density at radius 3 is 2.68 bits per heavy atom. The van der Waals surface area contributed by atoms with Crippen molar-refractivity contribution >= 4 is 33.5 Å². The van der Waals surface area contributed by atoms with Gasteiger partial charge in [0.2, 0.25) is 5.91 Å². The molecule has 6 aromatic rings. The second-order valence-electron chi connectivity index (χ2n) is 8.44. The molecule has 0 aliphatic carbocycles. The van der Waals surface area contributed by atoms with Crippen molar-refractivity contribution in [2.45, 2.75) is 13.3 Å². The molecular weight excluding hydrogens is 476 g/mol. The number of H-pyrrole nitrogens is 2. The number of halogens is 2. The second-order valence-corrected chi connectivity index (χ2v) is 8.44. The molecule has 0 aliphatic rings. The van der Waals surface area contributed by atoms with Crippen LogP contribution in [0.2, 0.25) is 0 Å². The Balaban J connectivity index is 1.47. The molecule has 0 unspecified atom stereocenters. The molecule has 0 atom stereocenters. The summed E-state index contributed by atoms with van der Waals surface area (Å²) in [6.45, 7) is 1.74. The molecule has 8 nitrogen and oxygen atoms in total. The zero-order chi connectivity index (χ0) is 25.5. The number of fused-ring (bicyclic) bond motifs is 2. The van der Waals surface area contributed by atoms with Crippen molar-refractivity contribution in [1.29, 1.82) is 0 Å². The van der Waals surface area contributed by atoms with Gasteiger partial charge in [0.05, 0.1) is 40.0 Å². The standard InChI is InChI=1S/C27H19F2N7O/c1-2-21(37)32-17-10-15(11-30-12-17)24-23(29)22-20(13-31-24)35-36-26(22)27-33-19-8-4-7-18(25(19)34-27)14-5-3-6-16(28)9-14/h3-13H,2H2,1H3,(H,32,37)(H,33,34)(H,35,36). The lowest BCUT2D eigenvalue weighted by molar-refractivity contribution is -0.115. The van der Waals surface area contributed by atoms with E-state index in [1.54, 1.807) is 25.1 Å². The molecule has 3 N–H and O–H groups in total. The topological polar surface area (TPSA) is 112 Å². The molecule has 0 saturated heterocycles. The third kappa shape index (κ3) is 3.98. The van der Waals surface area contributed by atoms with Crippen LogP contribution in [0, 0.1) is 11.6 Å². The third-order valence-corrected chi connectivity index (χ3v) is 6.03. The minimum atomic E-state index is -0.604. The largest absolute Gasteiger partial charge is 0.337 e. The average molecular weight is 495 g/mol. The van der Waals surface area contributed by atoms with Crippen LogP contribution in [-0.2, 0) is 4.79 Å². The van der Waals surface area contributed by atoms with Crippen LogP contribution in [-0.4, -0.2) is 36.0 Å². The summed E-state index contributed by atoms with van der Waals surface area (Å²) in [7, 11) is 0. The molecule has 182 valence electrons. The summed E-state index contributed by atoms with van der Waals surface area (Å²) in [4.78, 5) is 28.1. The maximum atomic E-state index is 15.9. The highest BCUT2D eigenvalue weighted by Gasteiger charge is 2.21. The number of carbonyl (C=O) groups is 1. The highest BCUT2D eigenvalue weighted by Crippen LogP contribution is 2.34. The van der Waals surface area contributed by atoms with Gasteiger partial charge in [-0.3, -0.25) is 19.9 Å². The molecule has 10 heteroatoms. The van der Waals surface area contributed by atoms with Gasteiger partial charge in [-0.25, -0.2) is 13.8 Å². The maximum Gasteiger partial charge on any atom is 0.224 e. The normalized spacial score (nSPS) is 11.3. The Morgan fingerprint density at radius 1 is 0.973 bits per heavy atom. The van der Waals surface area contributed by atoms with E-state index >= 15 is 4.39 Å². The van der Waals surface area contributed by atoms with Crippen molar-refractivity contribution in [3.8, 4) is 33.9 Å². The number of amides is 1. The fourth-order valence-electron chi connectivity index (χ4n) is 4.27. The van der Waals surface area contributed by atoms with E-state index in [2.05, 4.69) is 30.5 Å². The molecule has 4 heterocycles. The summed E-state index contributed by atoms with van der Waals surface area (Å²) < 4.78 is 29.8. The summed E-state index contributed by atoms with van der Waals surface area (Å²) in [5, 5.41) is 10.1. The number of nitrogens with one attached hydrogen (secondary N) is 3. The van der Waals surface area contributed by atoms with Crippen molar-refractivity contribution in [1.82, 2.24) is 30.1 Å². The summed E-state index contributed by atoms with van der Waals surface area (Å²) in [5.74, 6) is -0.781. The van der Waals surface area contributed by atoms with Gasteiger partial charge in [-0.05, 0) is 29.8 Å². The van der Waals surface area contributed by atoms with E-state index in [4.69, 9.17) is 4.98 Å². The van der Waals surface area contributed by atoms with Gasteiger partial charge in [-0.2, -0.15) is 5.10 Å². The number of anilines is 1. The average Bonchev–Trinajstić information content (AvgIpc) is 3.53. The quantitative estimate of drug-likeness (QED) is 0.277. The molecule has 37 heavy (non-hydrogen) atoms. The summed E-state index contributed by atoms with van der Waals surface area (Å²) in [6.07, 6.45) is 4.76. The summed E-state index contributed by atoms with van der Waals surface area (Å²) >= 11 is 0. The van der Waals surface area contributed by atoms with E-state index in [-0.39, 0.29) is 28.5 Å². The molecule has 0 bridgehead atoms. The maximum absolute atomic E-state index is 15.9. The van der Waals surface area contributed by atoms with E-state index in [1.807, 2.05) is 18.2 Å². The molecule has 0 radical (unpaired) electrons. The van der Waals surface area contributed by atoms with Crippen molar-refractivity contribution < 1.29 is 13.6 Å². The Morgan fingerprint density at radius 2 is 1.84 bits per heavy atom. The molecule has 1 amide bonds. The first-order chi connectivity index (χ1) is 18.0. The van der Waals surface area contributed by atoms with Crippen LogP contribution < -0.4 is 5.32 Å². The summed E-state index contributed by atoms with van der Waals surface area (Å²) in [5.41, 5.74) is 4.30. The number of para-hydroxylation sites is 1. The van der Waals surface area contributed by atoms with Crippen LogP contribution >= 0.6 is 0 Å².